The number of aromatic nitrogens is 2. The number of hydrogen-bond donors (Lipinski definition) is 2. The van der Waals surface area contributed by atoms with Crippen molar-refractivity contribution in [3.8, 4) is 0 Å². The van der Waals surface area contributed by atoms with Crippen LogP contribution < -0.4 is 10.6 Å². The second-order valence-corrected chi connectivity index (χ2v) is 7.20. The highest BCUT2D eigenvalue weighted by atomic mass is 32.2. The van der Waals surface area contributed by atoms with Crippen molar-refractivity contribution in [3.63, 3.8) is 0 Å². The highest BCUT2D eigenvalue weighted by Crippen LogP contribution is 2.21. The van der Waals surface area contributed by atoms with Crippen molar-refractivity contribution in [1.29, 1.82) is 0 Å². The molecule has 0 atom stereocenters. The summed E-state index contributed by atoms with van der Waals surface area (Å²) < 4.78 is 34.2. The molecule has 21 heavy (non-hydrogen) atoms. The quantitative estimate of drug-likeness (QED) is 0.508. The van der Waals surface area contributed by atoms with Gasteiger partial charge in [-0.2, -0.15) is 0 Å². The zero-order chi connectivity index (χ0) is 16.0. The van der Waals surface area contributed by atoms with Crippen molar-refractivity contribution in [3.05, 3.63) is 0 Å². The summed E-state index contributed by atoms with van der Waals surface area (Å²) in [7, 11) is 1.99. The SMILES string of the molecule is COC(CNC(=O)Nc1nnc(S(=O)(=O)N(C)C)s1)OC. The van der Waals surface area contributed by atoms with E-state index in [1.807, 2.05) is 0 Å². The lowest BCUT2D eigenvalue weighted by Gasteiger charge is -2.13. The Bertz CT molecular complexity index is 569. The minimum absolute atomic E-state index is 0.0688. The molecule has 0 bridgehead atoms. The number of carbonyl (C=O) groups is 1. The zero-order valence-corrected chi connectivity index (χ0v) is 13.6. The van der Waals surface area contributed by atoms with Crippen LogP contribution >= 0.6 is 11.3 Å². The molecular weight excluding hydrogens is 322 g/mol. The average Bonchev–Trinajstić information content (AvgIpc) is 2.88. The Morgan fingerprint density at radius 3 is 2.48 bits per heavy atom. The van der Waals surface area contributed by atoms with Gasteiger partial charge in [0.2, 0.25) is 9.47 Å². The summed E-state index contributed by atoms with van der Waals surface area (Å²) in [6.07, 6.45) is -0.574. The van der Waals surface area contributed by atoms with E-state index in [4.69, 9.17) is 9.47 Å². The Hall–Kier alpha value is -1.34. The van der Waals surface area contributed by atoms with E-state index in [-0.39, 0.29) is 16.0 Å². The van der Waals surface area contributed by atoms with E-state index >= 15 is 0 Å². The van der Waals surface area contributed by atoms with Crippen molar-refractivity contribution < 1.29 is 22.7 Å². The summed E-state index contributed by atoms with van der Waals surface area (Å²) in [6, 6.07) is -0.570. The lowest BCUT2D eigenvalue weighted by Crippen LogP contribution is -2.36. The third-order valence-corrected chi connectivity index (χ3v) is 5.28. The van der Waals surface area contributed by atoms with E-state index in [1.165, 1.54) is 28.3 Å². The van der Waals surface area contributed by atoms with Gasteiger partial charge in [0.25, 0.3) is 10.0 Å². The molecule has 0 aromatic carbocycles. The number of methoxy groups -OCH3 is 2. The van der Waals surface area contributed by atoms with Crippen LogP contribution in [0.3, 0.4) is 0 Å². The Kier molecular flexibility index (Phi) is 6.42. The molecule has 0 unspecified atom stereocenters. The average molecular weight is 339 g/mol. The molecule has 0 saturated heterocycles. The number of anilines is 1. The van der Waals surface area contributed by atoms with E-state index in [1.54, 1.807) is 0 Å². The summed E-state index contributed by atoms with van der Waals surface area (Å²) >= 11 is 0.756. The van der Waals surface area contributed by atoms with Gasteiger partial charge < -0.3 is 14.8 Å². The normalized spacial score (nSPS) is 11.9. The molecule has 10 nitrogen and oxygen atoms in total. The summed E-state index contributed by atoms with van der Waals surface area (Å²) in [6.45, 7) is 0.125. The Morgan fingerprint density at radius 2 is 1.95 bits per heavy atom. The van der Waals surface area contributed by atoms with Gasteiger partial charge in [-0.15, -0.1) is 10.2 Å². The van der Waals surface area contributed by atoms with Gasteiger partial charge in [0.1, 0.15) is 0 Å². The molecule has 2 N–H and O–H groups in total. The second-order valence-electron chi connectivity index (χ2n) is 3.90. The molecule has 2 amide bonds. The number of carbonyl (C=O) groups excluding carboxylic acids is 1. The number of hydrogen-bond acceptors (Lipinski definition) is 8. The number of nitrogens with one attached hydrogen (secondary N) is 2. The Morgan fingerprint density at radius 1 is 1.33 bits per heavy atom. The summed E-state index contributed by atoms with van der Waals surface area (Å²) in [5, 5.41) is 12.1. The predicted molar refractivity (Wildman–Crippen MR) is 75.6 cm³/mol. The molecule has 0 saturated carbocycles. The van der Waals surface area contributed by atoms with E-state index in [9.17, 15) is 13.2 Å². The summed E-state index contributed by atoms with van der Waals surface area (Å²) in [4.78, 5) is 11.6. The molecule has 1 rings (SSSR count). The van der Waals surface area contributed by atoms with Gasteiger partial charge in [-0.05, 0) is 0 Å². The third-order valence-electron chi connectivity index (χ3n) is 2.28. The third kappa shape index (κ3) is 4.86. The van der Waals surface area contributed by atoms with Crippen molar-refractivity contribution in [2.24, 2.45) is 0 Å². The minimum atomic E-state index is -3.66. The molecule has 0 aliphatic heterocycles. The van der Waals surface area contributed by atoms with E-state index in [0.717, 1.165) is 15.6 Å². The van der Waals surface area contributed by atoms with Crippen LogP contribution in [0.15, 0.2) is 4.34 Å². The monoisotopic (exact) mass is 339 g/mol. The van der Waals surface area contributed by atoms with Gasteiger partial charge in [0, 0.05) is 28.3 Å². The van der Waals surface area contributed by atoms with Gasteiger partial charge in [-0.25, -0.2) is 17.5 Å². The first-order valence-corrected chi connectivity index (χ1v) is 7.93. The molecule has 0 radical (unpaired) electrons. The van der Waals surface area contributed by atoms with E-state index in [2.05, 4.69) is 20.8 Å². The standard InChI is InChI=1S/C9H17N5O5S2/c1-14(2)21(16,17)9-13-12-8(20-9)11-7(15)10-5-6(18-3)19-4/h6H,5H2,1-4H3,(H2,10,11,12,15). The van der Waals surface area contributed by atoms with Gasteiger partial charge >= 0.3 is 6.03 Å². The largest absolute Gasteiger partial charge is 0.354 e. The topological polar surface area (TPSA) is 123 Å². The molecule has 1 aromatic heterocycles. The maximum absolute atomic E-state index is 11.8. The molecule has 0 aliphatic rings. The molecular formula is C9H17N5O5S2. The lowest BCUT2D eigenvalue weighted by molar-refractivity contribution is -0.0970. The van der Waals surface area contributed by atoms with Crippen LogP contribution in [0.5, 0.6) is 0 Å². The number of urea groups is 1. The number of amides is 2. The Balaban J connectivity index is 2.61. The lowest BCUT2D eigenvalue weighted by atomic mass is 10.6. The summed E-state index contributed by atoms with van der Waals surface area (Å²) in [5.74, 6) is 0. The van der Waals surface area contributed by atoms with Crippen molar-refractivity contribution in [2.75, 3.05) is 40.2 Å². The first-order valence-electron chi connectivity index (χ1n) is 5.67. The van der Waals surface area contributed by atoms with Gasteiger partial charge in [0.05, 0.1) is 6.54 Å². The molecule has 0 aliphatic carbocycles. The van der Waals surface area contributed by atoms with E-state index < -0.39 is 22.3 Å². The van der Waals surface area contributed by atoms with Gasteiger partial charge in [0.15, 0.2) is 6.29 Å². The van der Waals surface area contributed by atoms with Crippen molar-refractivity contribution >= 4 is 32.5 Å². The van der Waals surface area contributed by atoms with Crippen LogP contribution in [0, 0.1) is 0 Å². The zero-order valence-electron chi connectivity index (χ0n) is 12.0. The second kappa shape index (κ2) is 7.61. The Labute approximate surface area is 126 Å². The molecule has 12 heteroatoms. The van der Waals surface area contributed by atoms with Gasteiger partial charge in [-0.3, -0.25) is 5.32 Å². The molecule has 1 heterocycles. The molecule has 120 valence electrons. The predicted octanol–water partition coefficient (Wildman–Crippen LogP) is -0.471. The fourth-order valence-electron chi connectivity index (χ4n) is 1.10. The highest BCUT2D eigenvalue weighted by Gasteiger charge is 2.23. The maximum Gasteiger partial charge on any atom is 0.321 e. The number of sulfonamides is 1. The maximum atomic E-state index is 11.8. The molecule has 1 aromatic rings. The molecule has 0 fully saturated rings. The first-order chi connectivity index (χ1) is 9.81. The van der Waals surface area contributed by atoms with Gasteiger partial charge in [-0.1, -0.05) is 11.3 Å². The van der Waals surface area contributed by atoms with Crippen LogP contribution in [0.1, 0.15) is 0 Å². The number of rotatable bonds is 7. The minimum Gasteiger partial charge on any atom is -0.354 e. The van der Waals surface area contributed by atoms with Crippen LogP contribution in [-0.4, -0.2) is 70.1 Å². The smallest absolute Gasteiger partial charge is 0.321 e. The van der Waals surface area contributed by atoms with Crippen molar-refractivity contribution in [2.45, 2.75) is 10.6 Å². The fraction of sp³-hybridized carbons (Fsp3) is 0.667. The van der Waals surface area contributed by atoms with Crippen molar-refractivity contribution in [1.82, 2.24) is 19.8 Å². The van der Waals surface area contributed by atoms with Crippen LogP contribution in [0.2, 0.25) is 0 Å². The van der Waals surface area contributed by atoms with E-state index in [0.29, 0.717) is 0 Å². The number of ether oxygens (including phenoxy) is 2. The number of nitrogens with zero attached hydrogens (tertiary/aromatic N) is 3. The fourth-order valence-corrected chi connectivity index (χ4v) is 3.14. The highest BCUT2D eigenvalue weighted by molar-refractivity contribution is 7.91. The van der Waals surface area contributed by atoms with Crippen LogP contribution in [-0.2, 0) is 19.5 Å². The summed E-state index contributed by atoms with van der Waals surface area (Å²) in [5.41, 5.74) is 0. The molecule has 0 spiro atoms. The van der Waals surface area contributed by atoms with Crippen LogP contribution in [0.4, 0.5) is 9.93 Å². The van der Waals surface area contributed by atoms with Crippen LogP contribution in [0.25, 0.3) is 0 Å². The first kappa shape index (κ1) is 17.7.